The van der Waals surface area contributed by atoms with Crippen molar-refractivity contribution in [2.24, 2.45) is 0 Å². The lowest BCUT2D eigenvalue weighted by Crippen LogP contribution is -2.40. The molecule has 24 heavy (non-hydrogen) atoms. The molecule has 1 saturated heterocycles. The minimum absolute atomic E-state index is 0.265. The maximum atomic E-state index is 12.6. The molecule has 2 amide bonds. The van der Waals surface area contributed by atoms with Crippen molar-refractivity contribution < 1.29 is 9.59 Å². The SMILES string of the molecule is O=C1c2cc(Cl)c(Cl)cc2C(=O)N1CN1CCC[C@H]1c1cccs1. The summed E-state index contributed by atoms with van der Waals surface area (Å²) in [6.45, 7) is 1.17. The van der Waals surface area contributed by atoms with Crippen LogP contribution in [0.3, 0.4) is 0 Å². The molecule has 4 rings (SSSR count). The lowest BCUT2D eigenvalue weighted by atomic mass is 10.1. The summed E-state index contributed by atoms with van der Waals surface area (Å²) < 4.78 is 0. The van der Waals surface area contributed by atoms with Crippen LogP contribution in [0.5, 0.6) is 0 Å². The first-order valence-electron chi connectivity index (χ1n) is 7.69. The van der Waals surface area contributed by atoms with Gasteiger partial charge in [-0.1, -0.05) is 29.3 Å². The van der Waals surface area contributed by atoms with Gasteiger partial charge in [-0.2, -0.15) is 0 Å². The van der Waals surface area contributed by atoms with Gasteiger partial charge in [0, 0.05) is 17.5 Å². The van der Waals surface area contributed by atoms with E-state index in [1.807, 2.05) is 6.07 Å². The molecule has 7 heteroatoms. The number of rotatable bonds is 3. The third kappa shape index (κ3) is 2.56. The molecule has 2 aliphatic rings. The van der Waals surface area contributed by atoms with Crippen molar-refractivity contribution in [1.29, 1.82) is 0 Å². The van der Waals surface area contributed by atoms with E-state index in [-0.39, 0.29) is 27.9 Å². The first-order valence-corrected chi connectivity index (χ1v) is 9.32. The van der Waals surface area contributed by atoms with Gasteiger partial charge in [-0.25, -0.2) is 0 Å². The van der Waals surface area contributed by atoms with Crippen LogP contribution in [0, 0.1) is 0 Å². The fraction of sp³-hybridized carbons (Fsp3) is 0.294. The normalized spacial score (nSPS) is 20.9. The van der Waals surface area contributed by atoms with Gasteiger partial charge in [0.25, 0.3) is 11.8 Å². The van der Waals surface area contributed by atoms with E-state index in [1.165, 1.54) is 21.9 Å². The molecule has 2 aromatic rings. The van der Waals surface area contributed by atoms with Crippen LogP contribution in [0.1, 0.15) is 44.5 Å². The fourth-order valence-electron chi connectivity index (χ4n) is 3.39. The Balaban J connectivity index is 1.60. The Kier molecular flexibility index (Phi) is 4.12. The molecule has 1 aromatic carbocycles. The third-order valence-electron chi connectivity index (χ3n) is 4.57. The highest BCUT2D eigenvalue weighted by Gasteiger charge is 2.39. The average molecular weight is 381 g/mol. The highest BCUT2D eigenvalue weighted by molar-refractivity contribution is 7.10. The summed E-state index contributed by atoms with van der Waals surface area (Å²) in [6.07, 6.45) is 2.10. The number of hydrogen-bond acceptors (Lipinski definition) is 4. The number of fused-ring (bicyclic) bond motifs is 1. The number of imide groups is 1. The van der Waals surface area contributed by atoms with Gasteiger partial charge < -0.3 is 0 Å². The fourth-order valence-corrected chi connectivity index (χ4v) is 4.62. The average Bonchev–Trinajstić information content (AvgIpc) is 3.27. The van der Waals surface area contributed by atoms with Crippen molar-refractivity contribution in [2.75, 3.05) is 13.2 Å². The Bertz CT molecular complexity index is 781. The van der Waals surface area contributed by atoms with Gasteiger partial charge in [0.1, 0.15) is 0 Å². The Hall–Kier alpha value is -1.40. The van der Waals surface area contributed by atoms with Crippen LogP contribution in [0.2, 0.25) is 10.0 Å². The Labute approximate surface area is 153 Å². The second-order valence-electron chi connectivity index (χ2n) is 5.98. The van der Waals surface area contributed by atoms with Crippen LogP contribution < -0.4 is 0 Å². The topological polar surface area (TPSA) is 40.6 Å². The molecule has 0 saturated carbocycles. The maximum absolute atomic E-state index is 12.6. The number of nitrogens with zero attached hydrogens (tertiary/aromatic N) is 2. The Morgan fingerprint density at radius 1 is 1.12 bits per heavy atom. The lowest BCUT2D eigenvalue weighted by Gasteiger charge is -2.27. The van der Waals surface area contributed by atoms with Crippen molar-refractivity contribution in [3.8, 4) is 0 Å². The van der Waals surface area contributed by atoms with Crippen molar-refractivity contribution in [1.82, 2.24) is 9.80 Å². The van der Waals surface area contributed by atoms with E-state index in [9.17, 15) is 9.59 Å². The minimum Gasteiger partial charge on any atom is -0.278 e. The first-order chi connectivity index (χ1) is 11.6. The lowest BCUT2D eigenvalue weighted by molar-refractivity contribution is 0.0528. The molecule has 0 aliphatic carbocycles. The Morgan fingerprint density at radius 2 is 1.79 bits per heavy atom. The van der Waals surface area contributed by atoms with Crippen LogP contribution in [-0.4, -0.2) is 34.8 Å². The van der Waals surface area contributed by atoms with Gasteiger partial charge in [0.15, 0.2) is 0 Å². The molecule has 0 bridgehead atoms. The number of amides is 2. The molecule has 4 nitrogen and oxygen atoms in total. The Morgan fingerprint density at radius 3 is 2.38 bits per heavy atom. The van der Waals surface area contributed by atoms with Crippen LogP contribution in [-0.2, 0) is 0 Å². The van der Waals surface area contributed by atoms with Crippen LogP contribution >= 0.6 is 34.5 Å². The first kappa shape index (κ1) is 16.1. The standard InChI is InChI=1S/C17H14Cl2N2O2S/c18-12-7-10-11(8-13(12)19)17(23)21(16(10)22)9-20-5-1-3-14(20)15-4-2-6-24-15/h2,4,6-8,14H,1,3,5,9H2/t14-/m0/s1. The summed E-state index contributed by atoms with van der Waals surface area (Å²) >= 11 is 13.7. The van der Waals surface area contributed by atoms with Crippen molar-refractivity contribution >= 4 is 46.4 Å². The van der Waals surface area contributed by atoms with Gasteiger partial charge in [0.05, 0.1) is 27.8 Å². The summed E-state index contributed by atoms with van der Waals surface area (Å²) in [5.41, 5.74) is 0.669. The van der Waals surface area contributed by atoms with E-state index in [1.54, 1.807) is 11.3 Å². The molecule has 124 valence electrons. The molecule has 2 aliphatic heterocycles. The number of carbonyl (C=O) groups excluding carboxylic acids is 2. The number of likely N-dealkylation sites (tertiary alicyclic amines) is 1. The van der Waals surface area contributed by atoms with E-state index >= 15 is 0 Å². The molecule has 0 radical (unpaired) electrons. The second kappa shape index (κ2) is 6.15. The zero-order valence-corrected chi connectivity index (χ0v) is 15.0. The molecule has 0 N–H and O–H groups in total. The molecule has 1 fully saturated rings. The number of thiophene rings is 1. The summed E-state index contributed by atoms with van der Waals surface area (Å²) in [5.74, 6) is -0.601. The number of hydrogen-bond donors (Lipinski definition) is 0. The monoisotopic (exact) mass is 380 g/mol. The number of benzene rings is 1. The smallest absolute Gasteiger partial charge is 0.262 e. The van der Waals surface area contributed by atoms with E-state index < -0.39 is 0 Å². The van der Waals surface area contributed by atoms with Crippen molar-refractivity contribution in [2.45, 2.75) is 18.9 Å². The molecular formula is C17H14Cl2N2O2S. The molecule has 0 spiro atoms. The van der Waals surface area contributed by atoms with E-state index in [0.29, 0.717) is 17.8 Å². The van der Waals surface area contributed by atoms with Crippen LogP contribution in [0.4, 0.5) is 0 Å². The van der Waals surface area contributed by atoms with E-state index in [4.69, 9.17) is 23.2 Å². The van der Waals surface area contributed by atoms with Gasteiger partial charge in [0.2, 0.25) is 0 Å². The molecule has 3 heterocycles. The van der Waals surface area contributed by atoms with E-state index in [2.05, 4.69) is 16.3 Å². The highest BCUT2D eigenvalue weighted by atomic mass is 35.5. The summed E-state index contributed by atoms with van der Waals surface area (Å²) in [4.78, 5) is 30.0. The van der Waals surface area contributed by atoms with Crippen molar-refractivity contribution in [3.63, 3.8) is 0 Å². The van der Waals surface area contributed by atoms with Crippen molar-refractivity contribution in [3.05, 3.63) is 55.7 Å². The number of halogens is 2. The van der Waals surface area contributed by atoms with Gasteiger partial charge >= 0.3 is 0 Å². The zero-order chi connectivity index (χ0) is 16.8. The molecular weight excluding hydrogens is 367 g/mol. The largest absolute Gasteiger partial charge is 0.278 e. The third-order valence-corrected chi connectivity index (χ3v) is 6.27. The van der Waals surface area contributed by atoms with Gasteiger partial charge in [-0.3, -0.25) is 19.4 Å². The predicted octanol–water partition coefficient (Wildman–Crippen LogP) is 4.45. The van der Waals surface area contributed by atoms with Gasteiger partial charge in [-0.15, -0.1) is 11.3 Å². The van der Waals surface area contributed by atoms with E-state index in [0.717, 1.165) is 19.4 Å². The van der Waals surface area contributed by atoms with Crippen LogP contribution in [0.25, 0.3) is 0 Å². The molecule has 0 unspecified atom stereocenters. The number of carbonyl (C=O) groups is 2. The quantitative estimate of drug-likeness (QED) is 0.738. The predicted molar refractivity (Wildman–Crippen MR) is 94.8 cm³/mol. The zero-order valence-electron chi connectivity index (χ0n) is 12.7. The second-order valence-corrected chi connectivity index (χ2v) is 7.77. The summed E-state index contributed by atoms with van der Waals surface area (Å²) in [7, 11) is 0. The summed E-state index contributed by atoms with van der Waals surface area (Å²) in [5, 5.41) is 2.63. The highest BCUT2D eigenvalue weighted by Crippen LogP contribution is 2.36. The van der Waals surface area contributed by atoms with Gasteiger partial charge in [-0.05, 0) is 36.4 Å². The maximum Gasteiger partial charge on any atom is 0.262 e. The molecule has 1 atom stereocenters. The van der Waals surface area contributed by atoms with Crippen LogP contribution in [0.15, 0.2) is 29.6 Å². The minimum atomic E-state index is -0.301. The molecule has 1 aromatic heterocycles. The summed E-state index contributed by atoms with van der Waals surface area (Å²) in [6, 6.07) is 7.37.